The molecule has 101 valence electrons. The van der Waals surface area contributed by atoms with Crippen molar-refractivity contribution in [1.29, 1.82) is 0 Å². The fraction of sp³-hybridized carbons (Fsp3) is 0.500. The van der Waals surface area contributed by atoms with Crippen molar-refractivity contribution in [2.75, 3.05) is 13.2 Å². The average molecular weight is 277 g/mol. The summed E-state index contributed by atoms with van der Waals surface area (Å²) in [6.07, 6.45) is -4.31. The summed E-state index contributed by atoms with van der Waals surface area (Å²) in [4.78, 5) is 0. The van der Waals surface area contributed by atoms with Gasteiger partial charge in [0.25, 0.3) is 0 Å². The van der Waals surface area contributed by atoms with Crippen molar-refractivity contribution in [3.05, 3.63) is 35.4 Å². The summed E-state index contributed by atoms with van der Waals surface area (Å²) in [5, 5.41) is 0. The molecule has 0 saturated heterocycles. The van der Waals surface area contributed by atoms with Gasteiger partial charge in [-0.2, -0.15) is 13.2 Å². The molecule has 1 radical (unpaired) electrons. The number of hydrogen-bond donors (Lipinski definition) is 0. The zero-order valence-electron chi connectivity index (χ0n) is 10.4. The average Bonchev–Trinajstić information content (AvgIpc) is 2.29. The van der Waals surface area contributed by atoms with Crippen LogP contribution in [0.1, 0.15) is 25.0 Å². The topological polar surface area (TPSA) is 18.5 Å². The summed E-state index contributed by atoms with van der Waals surface area (Å²) in [7, 11) is -1.53. The van der Waals surface area contributed by atoms with Gasteiger partial charge in [-0.05, 0) is 25.5 Å². The lowest BCUT2D eigenvalue weighted by molar-refractivity contribution is -0.137. The minimum atomic E-state index is -4.31. The molecule has 2 nitrogen and oxygen atoms in total. The third-order valence-electron chi connectivity index (χ3n) is 2.21. The Balaban J connectivity index is 2.77. The maximum absolute atomic E-state index is 12.5. The summed E-state index contributed by atoms with van der Waals surface area (Å²) in [6, 6.07) is 5.71. The summed E-state index contributed by atoms with van der Waals surface area (Å²) in [6.45, 7) is 4.70. The van der Waals surface area contributed by atoms with Crippen LogP contribution in [0, 0.1) is 0 Å². The highest BCUT2D eigenvalue weighted by atomic mass is 28.3. The highest BCUT2D eigenvalue weighted by Gasteiger charge is 2.30. The zero-order chi connectivity index (χ0) is 13.6. The Bertz CT molecular complexity index is 363. The van der Waals surface area contributed by atoms with E-state index in [1.807, 2.05) is 13.8 Å². The van der Waals surface area contributed by atoms with Gasteiger partial charge in [0, 0.05) is 19.3 Å². The normalized spacial score (nSPS) is 12.1. The van der Waals surface area contributed by atoms with Crippen LogP contribution < -0.4 is 0 Å². The van der Waals surface area contributed by atoms with Crippen LogP contribution in [0.3, 0.4) is 0 Å². The first kappa shape index (κ1) is 15.2. The first-order chi connectivity index (χ1) is 8.47. The highest BCUT2D eigenvalue weighted by molar-refractivity contribution is 6.43. The standard InChI is InChI=1S/C12H16F3O2Si/c1-3-16-18(17-4-2)9-10-6-5-7-11(8-10)12(13,14)15/h5-8H,3-4,9H2,1-2H3. The molecule has 0 bridgehead atoms. The number of hydrogen-bond acceptors (Lipinski definition) is 2. The maximum atomic E-state index is 12.5. The molecule has 0 saturated carbocycles. The Kier molecular flexibility index (Phi) is 5.84. The summed E-state index contributed by atoms with van der Waals surface area (Å²) >= 11 is 0. The molecule has 1 rings (SSSR count). The molecule has 0 amide bonds. The minimum Gasteiger partial charge on any atom is -0.393 e. The van der Waals surface area contributed by atoms with Crippen LogP contribution in [0.25, 0.3) is 0 Å². The molecule has 0 fully saturated rings. The van der Waals surface area contributed by atoms with E-state index in [-0.39, 0.29) is 0 Å². The van der Waals surface area contributed by atoms with E-state index in [0.29, 0.717) is 24.8 Å². The second-order valence-electron chi connectivity index (χ2n) is 3.61. The smallest absolute Gasteiger partial charge is 0.393 e. The molecule has 0 aliphatic rings. The van der Waals surface area contributed by atoms with Crippen LogP contribution in [0.2, 0.25) is 0 Å². The Labute approximate surface area is 107 Å². The molecule has 0 unspecified atom stereocenters. The van der Waals surface area contributed by atoms with E-state index in [4.69, 9.17) is 8.85 Å². The maximum Gasteiger partial charge on any atom is 0.416 e. The Morgan fingerprint density at radius 3 is 2.22 bits per heavy atom. The van der Waals surface area contributed by atoms with Gasteiger partial charge in [-0.15, -0.1) is 0 Å². The molecular formula is C12H16F3O2Si. The number of rotatable bonds is 6. The fourth-order valence-electron chi connectivity index (χ4n) is 1.49. The molecule has 0 aromatic heterocycles. The lowest BCUT2D eigenvalue weighted by Crippen LogP contribution is -2.26. The second-order valence-corrected chi connectivity index (χ2v) is 5.29. The third kappa shape index (κ3) is 4.79. The van der Waals surface area contributed by atoms with Crippen molar-refractivity contribution in [2.45, 2.75) is 26.1 Å². The van der Waals surface area contributed by atoms with E-state index in [1.165, 1.54) is 6.07 Å². The van der Waals surface area contributed by atoms with E-state index in [0.717, 1.165) is 12.1 Å². The number of benzene rings is 1. The third-order valence-corrected chi connectivity index (χ3v) is 4.13. The highest BCUT2D eigenvalue weighted by Crippen LogP contribution is 2.29. The Hall–Kier alpha value is -0.853. The molecule has 0 N–H and O–H groups in total. The lowest BCUT2D eigenvalue weighted by atomic mass is 10.1. The van der Waals surface area contributed by atoms with E-state index < -0.39 is 21.0 Å². The van der Waals surface area contributed by atoms with Crippen molar-refractivity contribution in [3.8, 4) is 0 Å². The van der Waals surface area contributed by atoms with E-state index in [9.17, 15) is 13.2 Å². The van der Waals surface area contributed by atoms with Gasteiger partial charge in [-0.3, -0.25) is 0 Å². The van der Waals surface area contributed by atoms with Crippen LogP contribution in [0.15, 0.2) is 24.3 Å². The molecule has 1 aromatic rings. The monoisotopic (exact) mass is 277 g/mol. The minimum absolute atomic E-state index is 0.413. The second kappa shape index (κ2) is 6.91. The first-order valence-electron chi connectivity index (χ1n) is 5.75. The quantitative estimate of drug-likeness (QED) is 0.742. The van der Waals surface area contributed by atoms with Gasteiger partial charge in [-0.25, -0.2) is 0 Å². The Morgan fingerprint density at radius 2 is 1.72 bits per heavy atom. The number of halogens is 3. The van der Waals surface area contributed by atoms with Crippen molar-refractivity contribution >= 4 is 9.28 Å². The molecule has 18 heavy (non-hydrogen) atoms. The predicted molar refractivity (Wildman–Crippen MR) is 64.2 cm³/mol. The van der Waals surface area contributed by atoms with Crippen LogP contribution in [-0.4, -0.2) is 22.5 Å². The van der Waals surface area contributed by atoms with Gasteiger partial charge >= 0.3 is 15.5 Å². The summed E-state index contributed by atoms with van der Waals surface area (Å²) < 4.78 is 48.5. The molecule has 6 heteroatoms. The van der Waals surface area contributed by atoms with Crippen molar-refractivity contribution < 1.29 is 22.0 Å². The molecule has 0 aliphatic heterocycles. The van der Waals surface area contributed by atoms with E-state index in [2.05, 4.69) is 0 Å². The molecule has 0 spiro atoms. The van der Waals surface area contributed by atoms with Gasteiger partial charge in [0.05, 0.1) is 5.56 Å². The summed E-state index contributed by atoms with van der Waals surface area (Å²) in [5.41, 5.74) is -0.0324. The van der Waals surface area contributed by atoms with Crippen molar-refractivity contribution in [2.24, 2.45) is 0 Å². The SMILES string of the molecule is CCO[Si](Cc1cccc(C(F)(F)F)c1)OCC. The van der Waals surface area contributed by atoms with Gasteiger partial charge in [0.1, 0.15) is 0 Å². The van der Waals surface area contributed by atoms with Gasteiger partial charge in [0.15, 0.2) is 0 Å². The fourth-order valence-corrected chi connectivity index (χ4v) is 2.97. The number of alkyl halides is 3. The molecule has 0 aliphatic carbocycles. The Morgan fingerprint density at radius 1 is 1.11 bits per heavy atom. The largest absolute Gasteiger partial charge is 0.416 e. The van der Waals surface area contributed by atoms with Gasteiger partial charge in [-0.1, -0.05) is 18.2 Å². The summed E-state index contributed by atoms with van der Waals surface area (Å²) in [5.74, 6) is 0. The predicted octanol–water partition coefficient (Wildman–Crippen LogP) is 3.35. The van der Waals surface area contributed by atoms with Gasteiger partial charge in [0.2, 0.25) is 0 Å². The van der Waals surface area contributed by atoms with Crippen LogP contribution in [0.5, 0.6) is 0 Å². The molecule has 0 heterocycles. The van der Waals surface area contributed by atoms with Crippen molar-refractivity contribution in [1.82, 2.24) is 0 Å². The van der Waals surface area contributed by atoms with Crippen LogP contribution in [0.4, 0.5) is 13.2 Å². The molecule has 0 atom stereocenters. The lowest BCUT2D eigenvalue weighted by Gasteiger charge is -2.14. The van der Waals surface area contributed by atoms with Crippen LogP contribution >= 0.6 is 0 Å². The van der Waals surface area contributed by atoms with Crippen LogP contribution in [-0.2, 0) is 21.1 Å². The first-order valence-corrected chi connectivity index (χ1v) is 7.27. The van der Waals surface area contributed by atoms with Crippen molar-refractivity contribution in [3.63, 3.8) is 0 Å². The molecular weight excluding hydrogens is 261 g/mol. The van der Waals surface area contributed by atoms with Gasteiger partial charge < -0.3 is 8.85 Å². The zero-order valence-corrected chi connectivity index (χ0v) is 11.4. The van der Waals surface area contributed by atoms with E-state index >= 15 is 0 Å². The van der Waals surface area contributed by atoms with E-state index in [1.54, 1.807) is 6.07 Å². The molecule has 1 aromatic carbocycles.